The van der Waals surface area contributed by atoms with E-state index in [1.165, 1.54) is 0 Å². The molecule has 5 aromatic rings. The molecule has 68 heavy (non-hydrogen) atoms. The number of esters is 2. The molecule has 18 heteroatoms. The molecule has 5 N–H and O–H groups in total. The number of carboxylic acid groups (broad SMARTS) is 1. The van der Waals surface area contributed by atoms with Crippen LogP contribution in [0.2, 0.25) is 0 Å². The van der Waals surface area contributed by atoms with E-state index in [2.05, 4.69) is 41.8 Å². The lowest BCUT2D eigenvalue weighted by Crippen LogP contribution is -2.54. The summed E-state index contributed by atoms with van der Waals surface area (Å²) >= 11 is 0. The molecular formula is C50H52F3N5O10. The van der Waals surface area contributed by atoms with Crippen molar-refractivity contribution in [1.82, 2.24) is 20.2 Å². The van der Waals surface area contributed by atoms with Gasteiger partial charge in [0.1, 0.15) is 19.3 Å². The van der Waals surface area contributed by atoms with Crippen LogP contribution in [-0.4, -0.2) is 76.0 Å². The number of alkyl carbamates (subject to hydrolysis) is 1. The molecule has 358 valence electrons. The number of nitrogens with zero attached hydrogens (tertiary/aromatic N) is 2. The Bertz CT molecular complexity index is 2800. The Kier molecular flexibility index (Phi) is 14.4. The number of aromatic nitrogens is 2. The third-order valence-corrected chi connectivity index (χ3v) is 12.7. The van der Waals surface area contributed by atoms with E-state index >= 15 is 0 Å². The third-order valence-electron chi connectivity index (χ3n) is 12.7. The van der Waals surface area contributed by atoms with Crippen molar-refractivity contribution in [3.8, 4) is 22.5 Å². The van der Waals surface area contributed by atoms with Crippen LogP contribution < -0.4 is 21.9 Å². The number of alkyl halides is 3. The van der Waals surface area contributed by atoms with E-state index in [-0.39, 0.29) is 48.7 Å². The normalized spacial score (nSPS) is 16.5. The zero-order valence-electron chi connectivity index (χ0n) is 37.9. The van der Waals surface area contributed by atoms with E-state index in [1.807, 2.05) is 48.5 Å². The first kappa shape index (κ1) is 48.8. The number of rotatable bonds is 14. The van der Waals surface area contributed by atoms with Gasteiger partial charge in [0.05, 0.1) is 35.1 Å². The van der Waals surface area contributed by atoms with Gasteiger partial charge < -0.3 is 40.3 Å². The molecule has 0 radical (unpaired) electrons. The molecule has 3 aliphatic rings. The molecule has 3 aromatic carbocycles. The van der Waals surface area contributed by atoms with Gasteiger partial charge in [-0.2, -0.15) is 13.2 Å². The Morgan fingerprint density at radius 1 is 0.956 bits per heavy atom. The number of hydrogen-bond acceptors (Lipinski definition) is 11. The number of aryl methyl sites for hydroxylation is 1. The average molecular weight is 940 g/mol. The number of carbonyl (C=O) groups is 5. The Hall–Kier alpha value is -7.08. The standard InChI is InChI=1S/C48H51N5O8.C2HF3O2/c1-5-28-33-19-11-12-21-39(33)51-42-34(28)24-53-40(42)23-37-36(44(53)55)26-59-46(57)48(37,6-2)61-45(56)41(27(3)4)52-43(54)38(49)20-13-14-22-50-47(58)60-25-35-31-17-9-7-15-29(31)30-16-8-10-18-32(30)35;3-2(4,5)1(6)7/h7-12,15-19,21,23,27,35,38,41H,5-6,13-14,20,22,24-26,49H2,1-4H3,(H,50,58)(H,52,54);(H,6,7)/t38-,41-,48-;/m0./s1. The largest absolute Gasteiger partial charge is 0.490 e. The molecule has 3 atom stereocenters. The van der Waals surface area contributed by atoms with Crippen molar-refractivity contribution in [2.24, 2.45) is 11.7 Å². The molecule has 0 bridgehead atoms. The highest BCUT2D eigenvalue weighted by atomic mass is 19.4. The van der Waals surface area contributed by atoms with Gasteiger partial charge in [0.2, 0.25) is 11.5 Å². The topological polar surface area (TPSA) is 218 Å². The molecule has 2 aromatic heterocycles. The number of carboxylic acids is 1. The zero-order valence-corrected chi connectivity index (χ0v) is 37.9. The van der Waals surface area contributed by atoms with Crippen molar-refractivity contribution in [3.63, 3.8) is 0 Å². The summed E-state index contributed by atoms with van der Waals surface area (Å²) in [4.78, 5) is 81.8. The van der Waals surface area contributed by atoms with Crippen molar-refractivity contribution >= 4 is 40.8 Å². The van der Waals surface area contributed by atoms with Crippen molar-refractivity contribution in [3.05, 3.63) is 123 Å². The van der Waals surface area contributed by atoms with E-state index < -0.39 is 59.7 Å². The van der Waals surface area contributed by atoms with Gasteiger partial charge in [-0.3, -0.25) is 9.59 Å². The molecule has 2 amide bonds. The molecule has 15 nitrogen and oxygen atoms in total. The van der Waals surface area contributed by atoms with Crippen molar-refractivity contribution < 1.29 is 56.5 Å². The summed E-state index contributed by atoms with van der Waals surface area (Å²) in [6.07, 6.45) is -3.54. The van der Waals surface area contributed by atoms with Crippen LogP contribution in [0.15, 0.2) is 83.7 Å². The van der Waals surface area contributed by atoms with Gasteiger partial charge >= 0.3 is 30.2 Å². The first-order chi connectivity index (χ1) is 32.4. The number of hydrogen-bond donors (Lipinski definition) is 4. The summed E-state index contributed by atoms with van der Waals surface area (Å²) in [7, 11) is 0. The lowest BCUT2D eigenvalue weighted by Gasteiger charge is -2.37. The predicted molar refractivity (Wildman–Crippen MR) is 243 cm³/mol. The number of fused-ring (bicyclic) bond motifs is 8. The van der Waals surface area contributed by atoms with Crippen molar-refractivity contribution in [2.75, 3.05) is 13.2 Å². The van der Waals surface area contributed by atoms with Gasteiger partial charge in [-0.1, -0.05) is 94.4 Å². The number of ether oxygens (including phenoxy) is 3. The lowest BCUT2D eigenvalue weighted by molar-refractivity contribution is -0.192. The number of nitrogens with one attached hydrogen (secondary N) is 2. The van der Waals surface area contributed by atoms with Gasteiger partial charge in [-0.15, -0.1) is 0 Å². The highest BCUT2D eigenvalue weighted by Gasteiger charge is 2.51. The summed E-state index contributed by atoms with van der Waals surface area (Å²) in [6, 6.07) is 23.7. The molecule has 0 saturated heterocycles. The Morgan fingerprint density at radius 2 is 1.59 bits per heavy atom. The Labute approximate surface area is 389 Å². The van der Waals surface area contributed by atoms with Gasteiger partial charge in [-0.25, -0.2) is 24.2 Å². The SMILES string of the molecule is CCc1c2c(nc3ccccc13)-c1cc3c(c(=O)n1C2)COC(=O)[C@@]3(CC)OC(=O)[C@@H](NC(=O)[C@@H](N)CCCCNC(=O)OCC1c2ccccc2-c2ccccc21)C(C)C.O=C(O)C(F)(F)F. The fourth-order valence-corrected chi connectivity index (χ4v) is 9.13. The maximum absolute atomic E-state index is 14.1. The second-order valence-electron chi connectivity index (χ2n) is 17.2. The van der Waals surface area contributed by atoms with Crippen molar-refractivity contribution in [1.29, 1.82) is 0 Å². The number of carbonyl (C=O) groups excluding carboxylic acids is 4. The second-order valence-corrected chi connectivity index (χ2v) is 17.2. The Morgan fingerprint density at radius 3 is 2.21 bits per heavy atom. The van der Waals surface area contributed by atoms with E-state index in [1.54, 1.807) is 31.4 Å². The molecule has 0 unspecified atom stereocenters. The quantitative estimate of drug-likeness (QED) is 0.0493. The molecule has 4 heterocycles. The molecule has 8 rings (SSSR count). The van der Waals surface area contributed by atoms with Gasteiger partial charge in [-0.05, 0) is 78.0 Å². The van der Waals surface area contributed by atoms with Gasteiger partial charge in [0.15, 0.2) is 0 Å². The maximum Gasteiger partial charge on any atom is 0.490 e. The number of benzene rings is 3. The van der Waals surface area contributed by atoms with Gasteiger partial charge in [0, 0.05) is 29.0 Å². The van der Waals surface area contributed by atoms with E-state index in [9.17, 15) is 37.1 Å². The maximum atomic E-state index is 14.1. The molecular weight excluding hydrogens is 888 g/mol. The first-order valence-electron chi connectivity index (χ1n) is 22.4. The molecule has 1 aliphatic carbocycles. The third kappa shape index (κ3) is 9.54. The summed E-state index contributed by atoms with van der Waals surface area (Å²) in [5, 5.41) is 13.7. The molecule has 0 spiro atoms. The fraction of sp³-hybridized carbons (Fsp3) is 0.380. The number of pyridine rings is 2. The number of unbranched alkanes of at least 4 members (excludes halogenated alkanes) is 1. The number of amides is 2. The molecule has 2 aliphatic heterocycles. The minimum Gasteiger partial charge on any atom is -0.475 e. The van der Waals surface area contributed by atoms with Crippen LogP contribution in [0.4, 0.5) is 18.0 Å². The highest BCUT2D eigenvalue weighted by Crippen LogP contribution is 2.45. The number of nitrogens with two attached hydrogens (primary N) is 1. The van der Waals surface area contributed by atoms with E-state index in [0.717, 1.165) is 50.7 Å². The lowest BCUT2D eigenvalue weighted by atomic mass is 9.85. The summed E-state index contributed by atoms with van der Waals surface area (Å²) in [5.41, 5.74) is 13.1. The van der Waals surface area contributed by atoms with Crippen molar-refractivity contribution in [2.45, 2.75) is 103 Å². The second kappa shape index (κ2) is 20.0. The van der Waals surface area contributed by atoms with Crippen LogP contribution in [0.1, 0.15) is 92.7 Å². The van der Waals surface area contributed by atoms with Crippen LogP contribution in [0, 0.1) is 5.92 Å². The zero-order chi connectivity index (χ0) is 49.1. The average Bonchev–Trinajstić information content (AvgIpc) is 3.85. The Balaban J connectivity index is 0.000000908. The van der Waals surface area contributed by atoms with Crippen LogP contribution in [0.5, 0.6) is 0 Å². The highest BCUT2D eigenvalue weighted by molar-refractivity contribution is 5.92. The van der Waals surface area contributed by atoms with E-state index in [4.69, 9.17) is 34.8 Å². The van der Waals surface area contributed by atoms with Crippen LogP contribution >= 0.6 is 0 Å². The minimum atomic E-state index is -5.08. The monoisotopic (exact) mass is 939 g/mol. The van der Waals surface area contributed by atoms with Gasteiger partial charge in [0.25, 0.3) is 5.56 Å². The summed E-state index contributed by atoms with van der Waals surface area (Å²) in [6.45, 7) is 7.84. The number of cyclic esters (lactones) is 1. The van der Waals surface area contributed by atoms with Crippen LogP contribution in [-0.2, 0) is 58.6 Å². The first-order valence-corrected chi connectivity index (χ1v) is 22.4. The number of aliphatic carboxylic acids is 1. The fourth-order valence-electron chi connectivity index (χ4n) is 9.13. The van der Waals surface area contributed by atoms with Crippen LogP contribution in [0.3, 0.4) is 0 Å². The predicted octanol–water partition coefficient (Wildman–Crippen LogP) is 7.00. The minimum absolute atomic E-state index is 0.0198. The molecule has 0 fully saturated rings. The molecule has 0 saturated carbocycles. The van der Waals surface area contributed by atoms with Crippen LogP contribution in [0.25, 0.3) is 33.4 Å². The summed E-state index contributed by atoms with van der Waals surface area (Å²) < 4.78 is 50.7. The summed E-state index contributed by atoms with van der Waals surface area (Å²) in [5.74, 6) is -5.45. The smallest absolute Gasteiger partial charge is 0.475 e. The number of halogens is 3. The van der Waals surface area contributed by atoms with E-state index in [0.29, 0.717) is 37.3 Å². The number of para-hydroxylation sites is 1.